The molecular weight excluding hydrogens is 136 g/mol. The summed E-state index contributed by atoms with van der Waals surface area (Å²) in [6, 6.07) is 0. The van der Waals surface area contributed by atoms with Gasteiger partial charge in [-0.25, -0.2) is 0 Å². The molecule has 0 aliphatic heterocycles. The minimum absolute atomic E-state index is 0.298. The van der Waals surface area contributed by atoms with Crippen LogP contribution in [0.4, 0.5) is 0 Å². The van der Waals surface area contributed by atoms with E-state index in [1.165, 1.54) is 6.08 Å². The molecule has 0 aliphatic carbocycles. The van der Waals surface area contributed by atoms with Gasteiger partial charge in [0.2, 0.25) is 0 Å². The number of hydrogen-bond acceptors (Lipinski definition) is 2. The molecule has 2 heteroatoms. The van der Waals surface area contributed by atoms with Crippen molar-refractivity contribution >= 4 is 5.71 Å². The molecule has 0 rings (SSSR count). The van der Waals surface area contributed by atoms with Crippen molar-refractivity contribution in [3.8, 4) is 0 Å². The Kier molecular flexibility index (Phi) is 3.67. The first-order valence-corrected chi connectivity index (χ1v) is 3.11. The van der Waals surface area contributed by atoms with Crippen molar-refractivity contribution in [3.05, 3.63) is 49.2 Å². The number of nitrogens with two attached hydrogens (primary N) is 1. The molecule has 0 heterocycles. The lowest BCUT2D eigenvalue weighted by molar-refractivity contribution is 1.43. The zero-order valence-corrected chi connectivity index (χ0v) is 6.43. The van der Waals surface area contributed by atoms with Crippen LogP contribution in [0.5, 0.6) is 0 Å². The van der Waals surface area contributed by atoms with Gasteiger partial charge in [-0.2, -0.15) is 0 Å². The topological polar surface area (TPSA) is 49.9 Å². The molecule has 0 aromatic heterocycles. The van der Waals surface area contributed by atoms with Crippen LogP contribution in [0.25, 0.3) is 0 Å². The van der Waals surface area contributed by atoms with Crippen molar-refractivity contribution in [2.24, 2.45) is 5.73 Å². The Hall–Kier alpha value is -1.57. The summed E-state index contributed by atoms with van der Waals surface area (Å²) in [5, 5.41) is 7.33. The van der Waals surface area contributed by atoms with Gasteiger partial charge >= 0.3 is 0 Å². The van der Waals surface area contributed by atoms with E-state index in [4.69, 9.17) is 11.1 Å². The van der Waals surface area contributed by atoms with Gasteiger partial charge in [-0.1, -0.05) is 25.8 Å². The fourth-order valence-corrected chi connectivity index (χ4v) is 0.564. The molecule has 0 aromatic carbocycles. The Morgan fingerprint density at radius 2 is 1.82 bits per heavy atom. The molecule has 3 N–H and O–H groups in total. The predicted octanol–water partition coefficient (Wildman–Crippen LogP) is 1.78. The lowest BCUT2D eigenvalue weighted by Crippen LogP contribution is -1.97. The Labute approximate surface area is 66.9 Å². The van der Waals surface area contributed by atoms with Gasteiger partial charge in [-0.3, -0.25) is 0 Å². The standard InChI is InChI=1S/C9H12N2/c1-4-8(6-7(3)10)9(11)5-2/h4-6,11H,1-3,10H2/b8-6-,11-9?. The average Bonchev–Trinajstić information content (AvgIpc) is 1.98. The van der Waals surface area contributed by atoms with E-state index in [1.807, 2.05) is 0 Å². The molecule has 2 nitrogen and oxygen atoms in total. The first kappa shape index (κ1) is 9.43. The molecule has 58 valence electrons. The van der Waals surface area contributed by atoms with Crippen LogP contribution in [0, 0.1) is 5.41 Å². The van der Waals surface area contributed by atoms with E-state index in [9.17, 15) is 0 Å². The molecule has 0 saturated carbocycles. The Morgan fingerprint density at radius 3 is 2.09 bits per heavy atom. The maximum absolute atomic E-state index is 7.33. The third kappa shape index (κ3) is 3.20. The maximum Gasteiger partial charge on any atom is 0.0606 e. The summed E-state index contributed by atoms with van der Waals surface area (Å²) in [5.41, 5.74) is 6.65. The molecule has 0 fully saturated rings. The quantitative estimate of drug-likeness (QED) is 0.463. The van der Waals surface area contributed by atoms with E-state index in [-0.39, 0.29) is 0 Å². The first-order chi connectivity index (χ1) is 5.11. The molecule has 0 spiro atoms. The SMILES string of the molecule is C=CC(=N)/C(C=C)=C\C(=C)N. The number of rotatable bonds is 4. The number of nitrogens with one attached hydrogen (secondary N) is 1. The van der Waals surface area contributed by atoms with Crippen LogP contribution in [-0.4, -0.2) is 5.71 Å². The summed E-state index contributed by atoms with van der Waals surface area (Å²) in [6.45, 7) is 10.5. The third-order valence-corrected chi connectivity index (χ3v) is 1.08. The fraction of sp³-hybridized carbons (Fsp3) is 0. The molecule has 0 aliphatic rings. The zero-order valence-electron chi connectivity index (χ0n) is 6.43. The van der Waals surface area contributed by atoms with Gasteiger partial charge in [0, 0.05) is 11.3 Å². The van der Waals surface area contributed by atoms with Gasteiger partial charge in [0.1, 0.15) is 0 Å². The Balaban J connectivity index is 4.65. The minimum atomic E-state index is 0.298. The van der Waals surface area contributed by atoms with E-state index in [2.05, 4.69) is 19.7 Å². The Bertz CT molecular complexity index is 234. The van der Waals surface area contributed by atoms with E-state index in [1.54, 1.807) is 12.2 Å². The van der Waals surface area contributed by atoms with Gasteiger partial charge in [-0.05, 0) is 12.2 Å². The summed E-state index contributed by atoms with van der Waals surface area (Å²) < 4.78 is 0. The smallest absolute Gasteiger partial charge is 0.0606 e. The van der Waals surface area contributed by atoms with Gasteiger partial charge in [0.05, 0.1) is 5.71 Å². The second kappa shape index (κ2) is 4.28. The van der Waals surface area contributed by atoms with Crippen LogP contribution in [0.3, 0.4) is 0 Å². The molecular formula is C9H12N2. The first-order valence-electron chi connectivity index (χ1n) is 3.11. The third-order valence-electron chi connectivity index (χ3n) is 1.08. The molecule has 0 amide bonds. The highest BCUT2D eigenvalue weighted by molar-refractivity contribution is 6.08. The Morgan fingerprint density at radius 1 is 1.27 bits per heavy atom. The predicted molar refractivity (Wildman–Crippen MR) is 49.5 cm³/mol. The van der Waals surface area contributed by atoms with Gasteiger partial charge in [0.15, 0.2) is 0 Å². The maximum atomic E-state index is 7.33. The van der Waals surface area contributed by atoms with Crippen LogP contribution in [-0.2, 0) is 0 Å². The molecule has 0 radical (unpaired) electrons. The van der Waals surface area contributed by atoms with Gasteiger partial charge in [-0.15, -0.1) is 0 Å². The number of allylic oxidation sites excluding steroid dienone is 4. The monoisotopic (exact) mass is 148 g/mol. The average molecular weight is 148 g/mol. The summed E-state index contributed by atoms with van der Waals surface area (Å²) >= 11 is 0. The van der Waals surface area contributed by atoms with Crippen molar-refractivity contribution < 1.29 is 0 Å². The van der Waals surface area contributed by atoms with Crippen LogP contribution in [0.15, 0.2) is 49.2 Å². The minimum Gasteiger partial charge on any atom is -0.399 e. The highest BCUT2D eigenvalue weighted by Gasteiger charge is 1.94. The van der Waals surface area contributed by atoms with E-state index < -0.39 is 0 Å². The number of hydrogen-bond donors (Lipinski definition) is 2. The lowest BCUT2D eigenvalue weighted by atomic mass is 10.1. The lowest BCUT2D eigenvalue weighted by Gasteiger charge is -1.97. The summed E-state index contributed by atoms with van der Waals surface area (Å²) in [6.07, 6.45) is 4.55. The largest absolute Gasteiger partial charge is 0.399 e. The molecule has 0 saturated heterocycles. The normalized spacial score (nSPS) is 10.4. The van der Waals surface area contributed by atoms with E-state index >= 15 is 0 Å². The van der Waals surface area contributed by atoms with Crippen LogP contribution in [0.1, 0.15) is 0 Å². The van der Waals surface area contributed by atoms with Gasteiger partial charge in [0.25, 0.3) is 0 Å². The summed E-state index contributed by atoms with van der Waals surface area (Å²) in [7, 11) is 0. The highest BCUT2D eigenvalue weighted by atomic mass is 14.5. The molecule has 0 unspecified atom stereocenters. The van der Waals surface area contributed by atoms with E-state index in [0.717, 1.165) is 0 Å². The molecule has 11 heavy (non-hydrogen) atoms. The van der Waals surface area contributed by atoms with Crippen LogP contribution in [0.2, 0.25) is 0 Å². The van der Waals surface area contributed by atoms with Crippen molar-refractivity contribution in [3.63, 3.8) is 0 Å². The van der Waals surface area contributed by atoms with Crippen molar-refractivity contribution in [1.29, 1.82) is 5.41 Å². The van der Waals surface area contributed by atoms with Crippen LogP contribution < -0.4 is 5.73 Å². The van der Waals surface area contributed by atoms with E-state index in [0.29, 0.717) is 17.0 Å². The van der Waals surface area contributed by atoms with Crippen molar-refractivity contribution in [2.75, 3.05) is 0 Å². The highest BCUT2D eigenvalue weighted by Crippen LogP contribution is 2.00. The van der Waals surface area contributed by atoms with Crippen molar-refractivity contribution in [1.82, 2.24) is 0 Å². The van der Waals surface area contributed by atoms with Crippen molar-refractivity contribution in [2.45, 2.75) is 0 Å². The molecule has 0 bridgehead atoms. The van der Waals surface area contributed by atoms with Crippen LogP contribution >= 0.6 is 0 Å². The van der Waals surface area contributed by atoms with Gasteiger partial charge < -0.3 is 11.1 Å². The summed E-state index contributed by atoms with van der Waals surface area (Å²) in [5.74, 6) is 0. The zero-order chi connectivity index (χ0) is 8.85. The molecule has 0 aromatic rings. The summed E-state index contributed by atoms with van der Waals surface area (Å²) in [4.78, 5) is 0. The fourth-order valence-electron chi connectivity index (χ4n) is 0.564. The molecule has 0 atom stereocenters. The second-order valence-corrected chi connectivity index (χ2v) is 2.00. The second-order valence-electron chi connectivity index (χ2n) is 2.00.